The van der Waals surface area contributed by atoms with Gasteiger partial charge in [0.2, 0.25) is 0 Å². The molecule has 1 aromatic rings. The van der Waals surface area contributed by atoms with Gasteiger partial charge < -0.3 is 0 Å². The average Bonchev–Trinajstić information content (AvgIpc) is 2.06. The van der Waals surface area contributed by atoms with Crippen LogP contribution in [0.2, 0.25) is 0 Å². The van der Waals surface area contributed by atoms with E-state index in [1.165, 1.54) is 0 Å². The predicted octanol–water partition coefficient (Wildman–Crippen LogP) is 4.26. The van der Waals surface area contributed by atoms with Crippen LogP contribution < -0.4 is 0 Å². The van der Waals surface area contributed by atoms with Gasteiger partial charge in [-0.3, -0.25) is 0 Å². The molecule has 0 saturated carbocycles. The van der Waals surface area contributed by atoms with Crippen molar-refractivity contribution in [3.05, 3.63) is 35.9 Å². The Balaban J connectivity index is 2.82. The topological polar surface area (TPSA) is 0 Å². The normalized spacial score (nSPS) is 15.6. The Kier molecular flexibility index (Phi) is 4.08. The second-order valence-electron chi connectivity index (χ2n) is 2.51. The minimum Gasteiger partial charge on any atom is -0.101 e. The molecule has 0 aliphatic rings. The molecule has 0 nitrogen and oxygen atoms in total. The lowest BCUT2D eigenvalue weighted by Crippen LogP contribution is -2.09. The summed E-state index contributed by atoms with van der Waals surface area (Å²) >= 11 is 13.1. The molecular weight excluding hydrogens is 303 g/mol. The van der Waals surface area contributed by atoms with Gasteiger partial charge in [-0.25, -0.2) is 0 Å². The molecule has 0 amide bonds. The van der Waals surface area contributed by atoms with E-state index >= 15 is 0 Å². The highest BCUT2D eigenvalue weighted by Gasteiger charge is 2.24. The van der Waals surface area contributed by atoms with Gasteiger partial charge >= 0.3 is 0 Å². The van der Waals surface area contributed by atoms with E-state index < -0.39 is 3.78 Å². The van der Waals surface area contributed by atoms with Crippen molar-refractivity contribution in [2.75, 3.05) is 5.33 Å². The van der Waals surface area contributed by atoms with E-state index in [0.717, 1.165) is 17.3 Å². The van der Waals surface area contributed by atoms with Gasteiger partial charge in [-0.05, 0) is 12.0 Å². The summed E-state index contributed by atoms with van der Waals surface area (Å²) in [6, 6.07) is 10.00. The lowest BCUT2D eigenvalue weighted by atomic mass is 10.1. The molecule has 0 bridgehead atoms. The second kappa shape index (κ2) is 4.64. The Labute approximate surface area is 94.6 Å². The highest BCUT2D eigenvalue weighted by molar-refractivity contribution is 9.10. The van der Waals surface area contributed by atoms with Crippen LogP contribution in [-0.2, 0) is 3.78 Å². The van der Waals surface area contributed by atoms with Crippen molar-refractivity contribution in [2.24, 2.45) is 0 Å². The fraction of sp³-hybridized carbons (Fsp3) is 0.333. The largest absolute Gasteiger partial charge is 0.125 e. The molecule has 3 heteroatoms. The van der Waals surface area contributed by atoms with Crippen molar-refractivity contribution in [1.82, 2.24) is 0 Å². The number of alkyl halides is 3. The molecule has 1 rings (SSSR count). The number of rotatable bonds is 3. The maximum Gasteiger partial charge on any atom is 0.125 e. The molecule has 0 heterocycles. The number of benzene rings is 1. The molecule has 0 aromatic heterocycles. The SMILES string of the molecule is ClC(Br)(CCBr)c1ccccc1. The molecule has 1 unspecified atom stereocenters. The quantitative estimate of drug-likeness (QED) is 0.732. The molecule has 0 spiro atoms. The Morgan fingerprint density at radius 2 is 1.83 bits per heavy atom. The van der Waals surface area contributed by atoms with Crippen molar-refractivity contribution in [3.63, 3.8) is 0 Å². The van der Waals surface area contributed by atoms with Crippen molar-refractivity contribution in [1.29, 1.82) is 0 Å². The minimum absolute atomic E-state index is 0.419. The minimum atomic E-state index is -0.419. The Morgan fingerprint density at radius 1 is 1.25 bits per heavy atom. The Hall–Kier alpha value is 0.470. The molecule has 0 aliphatic carbocycles. The van der Waals surface area contributed by atoms with Crippen molar-refractivity contribution < 1.29 is 0 Å². The predicted molar refractivity (Wildman–Crippen MR) is 61.3 cm³/mol. The zero-order valence-electron chi connectivity index (χ0n) is 6.43. The van der Waals surface area contributed by atoms with E-state index in [-0.39, 0.29) is 0 Å². The van der Waals surface area contributed by atoms with Crippen LogP contribution in [0.25, 0.3) is 0 Å². The zero-order valence-corrected chi connectivity index (χ0v) is 10.4. The van der Waals surface area contributed by atoms with Crippen LogP contribution in [0.4, 0.5) is 0 Å². The Bertz CT molecular complexity index is 234. The summed E-state index contributed by atoms with van der Waals surface area (Å²) in [6.45, 7) is 0. The van der Waals surface area contributed by atoms with E-state index in [0.29, 0.717) is 0 Å². The first kappa shape index (κ1) is 10.6. The first-order chi connectivity index (χ1) is 5.67. The number of hydrogen-bond donors (Lipinski definition) is 0. The van der Waals surface area contributed by atoms with Gasteiger partial charge in [-0.2, -0.15) is 0 Å². The van der Waals surface area contributed by atoms with E-state index in [2.05, 4.69) is 31.9 Å². The third kappa shape index (κ3) is 2.75. The van der Waals surface area contributed by atoms with Crippen molar-refractivity contribution in [3.8, 4) is 0 Å². The van der Waals surface area contributed by atoms with Crippen LogP contribution in [0.15, 0.2) is 30.3 Å². The van der Waals surface area contributed by atoms with Crippen LogP contribution in [0.3, 0.4) is 0 Å². The molecule has 0 N–H and O–H groups in total. The molecule has 0 saturated heterocycles. The monoisotopic (exact) mass is 310 g/mol. The zero-order chi connectivity index (χ0) is 9.03. The molecule has 0 fully saturated rings. The molecule has 12 heavy (non-hydrogen) atoms. The van der Waals surface area contributed by atoms with Gasteiger partial charge in [0.1, 0.15) is 3.78 Å². The van der Waals surface area contributed by atoms with Crippen LogP contribution in [0.5, 0.6) is 0 Å². The van der Waals surface area contributed by atoms with Gasteiger partial charge in [0.15, 0.2) is 0 Å². The van der Waals surface area contributed by atoms with Gasteiger partial charge in [0.05, 0.1) is 0 Å². The molecule has 0 radical (unpaired) electrons. The summed E-state index contributed by atoms with van der Waals surface area (Å²) < 4.78 is -0.419. The summed E-state index contributed by atoms with van der Waals surface area (Å²) in [7, 11) is 0. The van der Waals surface area contributed by atoms with Gasteiger partial charge in [-0.1, -0.05) is 62.2 Å². The van der Waals surface area contributed by atoms with E-state index in [1.54, 1.807) is 0 Å². The lowest BCUT2D eigenvalue weighted by Gasteiger charge is -2.18. The van der Waals surface area contributed by atoms with Crippen LogP contribution in [0, 0.1) is 0 Å². The van der Waals surface area contributed by atoms with Gasteiger partial charge in [0.25, 0.3) is 0 Å². The molecule has 66 valence electrons. The third-order valence-electron chi connectivity index (χ3n) is 1.60. The van der Waals surface area contributed by atoms with Gasteiger partial charge in [0, 0.05) is 5.33 Å². The maximum atomic E-state index is 6.25. The maximum absolute atomic E-state index is 6.25. The molecule has 1 atom stereocenters. The molecule has 1 aromatic carbocycles. The first-order valence-electron chi connectivity index (χ1n) is 3.66. The summed E-state index contributed by atoms with van der Waals surface area (Å²) in [4.78, 5) is 0. The average molecular weight is 312 g/mol. The van der Waals surface area contributed by atoms with E-state index in [4.69, 9.17) is 11.6 Å². The van der Waals surface area contributed by atoms with Crippen molar-refractivity contribution >= 4 is 43.5 Å². The fourth-order valence-corrected chi connectivity index (χ4v) is 2.98. The summed E-state index contributed by atoms with van der Waals surface area (Å²) in [5.74, 6) is 0. The highest BCUT2D eigenvalue weighted by atomic mass is 79.9. The van der Waals surface area contributed by atoms with Crippen LogP contribution in [-0.4, -0.2) is 5.33 Å². The first-order valence-corrected chi connectivity index (χ1v) is 5.95. The lowest BCUT2D eigenvalue weighted by molar-refractivity contribution is 0.849. The fourth-order valence-electron chi connectivity index (χ4n) is 0.945. The van der Waals surface area contributed by atoms with Crippen molar-refractivity contribution in [2.45, 2.75) is 10.2 Å². The third-order valence-corrected chi connectivity index (χ3v) is 3.26. The van der Waals surface area contributed by atoms with Gasteiger partial charge in [-0.15, -0.1) is 11.6 Å². The van der Waals surface area contributed by atoms with Crippen LogP contribution >= 0.6 is 43.5 Å². The van der Waals surface area contributed by atoms with E-state index in [9.17, 15) is 0 Å². The smallest absolute Gasteiger partial charge is 0.101 e. The molecular formula is C9H9Br2Cl. The van der Waals surface area contributed by atoms with Crippen LogP contribution in [0.1, 0.15) is 12.0 Å². The number of hydrogen-bond acceptors (Lipinski definition) is 0. The summed E-state index contributed by atoms with van der Waals surface area (Å²) in [6.07, 6.45) is 0.860. The summed E-state index contributed by atoms with van der Waals surface area (Å²) in [5, 5.41) is 0.886. The Morgan fingerprint density at radius 3 is 2.33 bits per heavy atom. The number of halogens is 3. The standard InChI is InChI=1S/C9H9Br2Cl/c10-7-6-9(11,12)8-4-2-1-3-5-8/h1-5H,6-7H2. The second-order valence-corrected chi connectivity index (χ2v) is 5.76. The summed E-state index contributed by atoms with van der Waals surface area (Å²) in [5.41, 5.74) is 1.10. The van der Waals surface area contributed by atoms with E-state index in [1.807, 2.05) is 30.3 Å². The highest BCUT2D eigenvalue weighted by Crippen LogP contribution is 2.39. The molecule has 0 aliphatic heterocycles.